The zero-order valence-corrected chi connectivity index (χ0v) is 12.8. The van der Waals surface area contributed by atoms with Gasteiger partial charge in [0.2, 0.25) is 0 Å². The third-order valence-corrected chi connectivity index (χ3v) is 4.44. The fraction of sp³-hybridized carbons (Fsp3) is 0.133. The van der Waals surface area contributed by atoms with Crippen LogP contribution in [0.3, 0.4) is 0 Å². The first kappa shape index (κ1) is 15.2. The van der Waals surface area contributed by atoms with Gasteiger partial charge in [0.15, 0.2) is 5.78 Å². The molecule has 0 N–H and O–H groups in total. The summed E-state index contributed by atoms with van der Waals surface area (Å²) in [6.45, 7) is 0. The molecule has 0 radical (unpaired) electrons. The molecular weight excluding hydrogens is 315 g/mol. The Labute approximate surface area is 130 Å². The highest BCUT2D eigenvalue weighted by Gasteiger charge is 2.11. The van der Waals surface area contributed by atoms with Gasteiger partial charge in [0, 0.05) is 32.2 Å². The standard InChI is InChI=1S/C15H12Cl2O2S/c16-13-5-1-11(2-6-13)9-20(19)10-15(18)12-3-7-14(17)8-4-12/h1-8H,9-10H2. The van der Waals surface area contributed by atoms with Crippen LogP contribution >= 0.6 is 23.2 Å². The number of carbonyl (C=O) groups is 1. The van der Waals surface area contributed by atoms with Crippen molar-refractivity contribution in [2.45, 2.75) is 5.75 Å². The maximum Gasteiger partial charge on any atom is 0.175 e. The molecule has 2 nitrogen and oxygen atoms in total. The van der Waals surface area contributed by atoms with E-state index in [1.807, 2.05) is 12.1 Å². The van der Waals surface area contributed by atoms with Gasteiger partial charge < -0.3 is 0 Å². The number of carbonyl (C=O) groups excluding carboxylic acids is 1. The highest BCUT2D eigenvalue weighted by molar-refractivity contribution is 7.85. The van der Waals surface area contributed by atoms with Crippen LogP contribution in [0.15, 0.2) is 48.5 Å². The minimum Gasteiger partial charge on any atom is -0.293 e. The van der Waals surface area contributed by atoms with Crippen LogP contribution < -0.4 is 0 Å². The summed E-state index contributed by atoms with van der Waals surface area (Å²) in [7, 11) is -1.24. The number of Topliss-reactive ketones (excluding diaryl/α,β-unsaturated/α-hetero) is 1. The van der Waals surface area contributed by atoms with Gasteiger partial charge in [0.1, 0.15) is 0 Å². The number of halogens is 2. The Morgan fingerprint density at radius 1 is 0.900 bits per heavy atom. The molecule has 0 heterocycles. The Morgan fingerprint density at radius 2 is 1.40 bits per heavy atom. The fourth-order valence-corrected chi connectivity index (χ4v) is 3.06. The first-order valence-corrected chi connectivity index (χ1v) is 8.17. The molecule has 0 saturated heterocycles. The monoisotopic (exact) mass is 326 g/mol. The number of benzene rings is 2. The van der Waals surface area contributed by atoms with Gasteiger partial charge in [-0.15, -0.1) is 0 Å². The molecule has 1 unspecified atom stereocenters. The quantitative estimate of drug-likeness (QED) is 0.774. The molecule has 2 aromatic carbocycles. The third kappa shape index (κ3) is 4.44. The Balaban J connectivity index is 1.95. The zero-order chi connectivity index (χ0) is 14.5. The smallest absolute Gasteiger partial charge is 0.175 e. The molecule has 20 heavy (non-hydrogen) atoms. The SMILES string of the molecule is O=C(CS(=O)Cc1ccc(Cl)cc1)c1ccc(Cl)cc1. The van der Waals surface area contributed by atoms with E-state index in [-0.39, 0.29) is 11.5 Å². The molecule has 0 saturated carbocycles. The summed E-state index contributed by atoms with van der Waals surface area (Å²) in [6.07, 6.45) is 0. The lowest BCUT2D eigenvalue weighted by Crippen LogP contribution is -2.12. The molecule has 0 aliphatic heterocycles. The lowest BCUT2D eigenvalue weighted by molar-refractivity contribution is 0.102. The second kappa shape index (κ2) is 7.02. The number of rotatable bonds is 5. The van der Waals surface area contributed by atoms with Crippen molar-refractivity contribution in [2.75, 3.05) is 5.75 Å². The Kier molecular flexibility index (Phi) is 5.35. The zero-order valence-electron chi connectivity index (χ0n) is 10.5. The second-order valence-electron chi connectivity index (χ2n) is 4.29. The Bertz CT molecular complexity index is 621. The van der Waals surface area contributed by atoms with Crippen LogP contribution in [-0.2, 0) is 16.6 Å². The molecule has 0 amide bonds. The summed E-state index contributed by atoms with van der Waals surface area (Å²) in [4.78, 5) is 12.0. The lowest BCUT2D eigenvalue weighted by atomic mass is 10.1. The summed E-state index contributed by atoms with van der Waals surface area (Å²) >= 11 is 11.5. The summed E-state index contributed by atoms with van der Waals surface area (Å²) in [6, 6.07) is 13.7. The summed E-state index contributed by atoms with van der Waals surface area (Å²) in [5.41, 5.74) is 1.43. The predicted molar refractivity (Wildman–Crippen MR) is 83.9 cm³/mol. The van der Waals surface area contributed by atoms with Crippen LogP contribution in [0, 0.1) is 0 Å². The molecule has 2 rings (SSSR count). The van der Waals surface area contributed by atoms with Gasteiger partial charge >= 0.3 is 0 Å². The summed E-state index contributed by atoms with van der Waals surface area (Å²) in [5, 5.41) is 1.21. The summed E-state index contributed by atoms with van der Waals surface area (Å²) < 4.78 is 12.0. The number of hydrogen-bond donors (Lipinski definition) is 0. The molecule has 2 aromatic rings. The van der Waals surface area contributed by atoms with E-state index < -0.39 is 10.8 Å². The van der Waals surface area contributed by atoms with E-state index in [4.69, 9.17) is 23.2 Å². The van der Waals surface area contributed by atoms with Crippen molar-refractivity contribution in [1.29, 1.82) is 0 Å². The highest BCUT2D eigenvalue weighted by atomic mass is 35.5. The van der Waals surface area contributed by atoms with Crippen LogP contribution in [0.25, 0.3) is 0 Å². The van der Waals surface area contributed by atoms with Crippen molar-refractivity contribution < 1.29 is 9.00 Å². The average Bonchev–Trinajstić information content (AvgIpc) is 2.42. The lowest BCUT2D eigenvalue weighted by Gasteiger charge is -2.03. The molecule has 104 valence electrons. The minimum absolute atomic E-state index is 0.00423. The first-order chi connectivity index (χ1) is 9.54. The second-order valence-corrected chi connectivity index (χ2v) is 6.61. The van der Waals surface area contributed by atoms with E-state index in [1.165, 1.54) is 0 Å². The Morgan fingerprint density at radius 3 is 1.95 bits per heavy atom. The molecular formula is C15H12Cl2O2S. The maximum atomic E-state index is 12.0. The molecule has 5 heteroatoms. The highest BCUT2D eigenvalue weighted by Crippen LogP contribution is 2.13. The third-order valence-electron chi connectivity index (χ3n) is 2.70. The van der Waals surface area contributed by atoms with Crippen molar-refractivity contribution in [3.63, 3.8) is 0 Å². The van der Waals surface area contributed by atoms with Gasteiger partial charge in [-0.2, -0.15) is 0 Å². The van der Waals surface area contributed by atoms with E-state index in [0.717, 1.165) is 5.56 Å². The van der Waals surface area contributed by atoms with E-state index >= 15 is 0 Å². The molecule has 0 spiro atoms. The van der Waals surface area contributed by atoms with Crippen LogP contribution in [0.1, 0.15) is 15.9 Å². The number of ketones is 1. The van der Waals surface area contributed by atoms with Gasteiger partial charge in [0.25, 0.3) is 0 Å². The average molecular weight is 327 g/mol. The number of hydrogen-bond acceptors (Lipinski definition) is 2. The molecule has 0 fully saturated rings. The molecule has 1 atom stereocenters. The molecule has 0 aromatic heterocycles. The van der Waals surface area contributed by atoms with Gasteiger partial charge in [0.05, 0.1) is 5.75 Å². The minimum atomic E-state index is -1.24. The van der Waals surface area contributed by atoms with Crippen LogP contribution in [0.4, 0.5) is 0 Å². The molecule has 0 aliphatic rings. The van der Waals surface area contributed by atoms with Crippen molar-refractivity contribution in [1.82, 2.24) is 0 Å². The van der Waals surface area contributed by atoms with Gasteiger partial charge in [-0.1, -0.05) is 35.3 Å². The van der Waals surface area contributed by atoms with Crippen molar-refractivity contribution in [3.05, 3.63) is 69.7 Å². The fourth-order valence-electron chi connectivity index (χ4n) is 1.68. The Hall–Kier alpha value is -1.16. The maximum absolute atomic E-state index is 12.0. The molecule has 0 bridgehead atoms. The topological polar surface area (TPSA) is 34.1 Å². The van der Waals surface area contributed by atoms with E-state index in [2.05, 4.69) is 0 Å². The summed E-state index contributed by atoms with van der Waals surface area (Å²) in [5.74, 6) is 0.203. The van der Waals surface area contributed by atoms with Gasteiger partial charge in [-0.3, -0.25) is 9.00 Å². The predicted octanol–water partition coefficient (Wildman–Crippen LogP) is 4.13. The van der Waals surface area contributed by atoms with Crippen LogP contribution in [0.5, 0.6) is 0 Å². The van der Waals surface area contributed by atoms with Gasteiger partial charge in [-0.25, -0.2) is 0 Å². The van der Waals surface area contributed by atoms with Crippen molar-refractivity contribution in [2.24, 2.45) is 0 Å². The first-order valence-electron chi connectivity index (χ1n) is 5.93. The van der Waals surface area contributed by atoms with Crippen molar-refractivity contribution >= 4 is 39.8 Å². The largest absolute Gasteiger partial charge is 0.293 e. The normalized spacial score (nSPS) is 12.1. The van der Waals surface area contributed by atoms with Crippen LogP contribution in [0.2, 0.25) is 10.0 Å². The van der Waals surface area contributed by atoms with E-state index in [0.29, 0.717) is 21.4 Å². The van der Waals surface area contributed by atoms with Crippen molar-refractivity contribution in [3.8, 4) is 0 Å². The van der Waals surface area contributed by atoms with Crippen LogP contribution in [-0.4, -0.2) is 15.7 Å². The van der Waals surface area contributed by atoms with Gasteiger partial charge in [-0.05, 0) is 42.0 Å². The van der Waals surface area contributed by atoms with E-state index in [1.54, 1.807) is 36.4 Å². The molecule has 0 aliphatic carbocycles. The van der Waals surface area contributed by atoms with E-state index in [9.17, 15) is 9.00 Å².